The van der Waals surface area contributed by atoms with E-state index in [1.165, 1.54) is 0 Å². The van der Waals surface area contributed by atoms with Gasteiger partial charge < -0.3 is 14.8 Å². The minimum atomic E-state index is 0. The molecule has 2 aliphatic heterocycles. The second-order valence-corrected chi connectivity index (χ2v) is 8.19. The van der Waals surface area contributed by atoms with Crippen molar-refractivity contribution in [3.63, 3.8) is 0 Å². The van der Waals surface area contributed by atoms with Crippen LogP contribution in [-0.4, -0.2) is 51.0 Å². The molecule has 9 heteroatoms. The fraction of sp³-hybridized carbons (Fsp3) is 0.500. The van der Waals surface area contributed by atoms with Gasteiger partial charge in [-0.2, -0.15) is 0 Å². The Balaban J connectivity index is 0.00000210. The maximum atomic E-state index is 12.5. The second-order valence-electron chi connectivity index (χ2n) is 6.70. The zero-order chi connectivity index (χ0) is 17.9. The van der Waals surface area contributed by atoms with Gasteiger partial charge in [0, 0.05) is 42.0 Å². The van der Waals surface area contributed by atoms with Crippen molar-refractivity contribution in [2.24, 2.45) is 0 Å². The van der Waals surface area contributed by atoms with E-state index in [2.05, 4.69) is 20.1 Å². The zero-order valence-corrected chi connectivity index (χ0v) is 17.3. The summed E-state index contributed by atoms with van der Waals surface area (Å²) in [6.07, 6.45) is 1.92. The highest BCUT2D eigenvalue weighted by atomic mass is 35.5. The van der Waals surface area contributed by atoms with Gasteiger partial charge in [0.25, 0.3) is 0 Å². The highest BCUT2D eigenvalue weighted by Gasteiger charge is 2.28. The van der Waals surface area contributed by atoms with Crippen molar-refractivity contribution in [2.45, 2.75) is 36.7 Å². The number of nitrogens with one attached hydrogen (secondary N) is 1. The standard InChI is InChI=1S/C18H22ClN5OS.ClH/c19-14-1-3-15(4-2-14)26-12-17(25)23-8-5-13(6-9-23)18-22-21-16-11-20-7-10-24(16)18;/h1-4,13,20H,5-12H2;1H. The van der Waals surface area contributed by atoms with Crippen LogP contribution in [0.1, 0.15) is 30.4 Å². The van der Waals surface area contributed by atoms with E-state index in [0.717, 1.165) is 62.1 Å². The normalized spacial score (nSPS) is 17.3. The monoisotopic (exact) mass is 427 g/mol. The molecular formula is C18H23Cl2N5OS. The fourth-order valence-electron chi connectivity index (χ4n) is 3.57. The maximum Gasteiger partial charge on any atom is 0.232 e. The summed E-state index contributed by atoms with van der Waals surface area (Å²) >= 11 is 7.46. The number of thioether (sulfide) groups is 1. The molecule has 3 heterocycles. The van der Waals surface area contributed by atoms with Crippen molar-refractivity contribution in [1.29, 1.82) is 0 Å². The molecule has 1 aromatic heterocycles. The van der Waals surface area contributed by atoms with Gasteiger partial charge >= 0.3 is 0 Å². The van der Waals surface area contributed by atoms with Gasteiger partial charge in [0.1, 0.15) is 11.6 Å². The average Bonchev–Trinajstić information content (AvgIpc) is 3.11. The number of carbonyl (C=O) groups is 1. The smallest absolute Gasteiger partial charge is 0.232 e. The molecule has 2 aromatic rings. The third kappa shape index (κ3) is 4.77. The molecule has 146 valence electrons. The summed E-state index contributed by atoms with van der Waals surface area (Å²) in [6.45, 7) is 4.30. The molecule has 1 fully saturated rings. The molecule has 1 amide bonds. The predicted octanol–water partition coefficient (Wildman–Crippen LogP) is 2.95. The van der Waals surface area contributed by atoms with Crippen molar-refractivity contribution >= 4 is 41.7 Å². The van der Waals surface area contributed by atoms with Crippen molar-refractivity contribution in [3.05, 3.63) is 40.9 Å². The predicted molar refractivity (Wildman–Crippen MR) is 110 cm³/mol. The number of benzene rings is 1. The van der Waals surface area contributed by atoms with Crippen molar-refractivity contribution in [1.82, 2.24) is 25.0 Å². The van der Waals surface area contributed by atoms with Crippen LogP contribution >= 0.6 is 35.8 Å². The molecular weight excluding hydrogens is 405 g/mol. The van der Waals surface area contributed by atoms with E-state index in [9.17, 15) is 4.79 Å². The molecule has 2 aliphatic rings. The first kappa shape index (κ1) is 20.5. The third-order valence-electron chi connectivity index (χ3n) is 5.04. The van der Waals surface area contributed by atoms with Crippen LogP contribution in [0.5, 0.6) is 0 Å². The molecule has 1 N–H and O–H groups in total. The molecule has 0 unspecified atom stereocenters. The second kappa shape index (κ2) is 9.28. The molecule has 1 aromatic carbocycles. The number of hydrogen-bond acceptors (Lipinski definition) is 5. The first-order valence-corrected chi connectivity index (χ1v) is 10.4. The van der Waals surface area contributed by atoms with E-state index < -0.39 is 0 Å². The van der Waals surface area contributed by atoms with Gasteiger partial charge in [-0.1, -0.05) is 11.6 Å². The van der Waals surface area contributed by atoms with Gasteiger partial charge in [-0.25, -0.2) is 0 Å². The van der Waals surface area contributed by atoms with Crippen molar-refractivity contribution in [2.75, 3.05) is 25.4 Å². The number of piperidine rings is 1. The Bertz CT molecular complexity index is 775. The van der Waals surface area contributed by atoms with E-state index in [4.69, 9.17) is 11.6 Å². The van der Waals surface area contributed by atoms with Gasteiger partial charge in [0.15, 0.2) is 0 Å². The molecule has 0 atom stereocenters. The molecule has 0 radical (unpaired) electrons. The summed E-state index contributed by atoms with van der Waals surface area (Å²) in [5.74, 6) is 3.21. The first-order chi connectivity index (χ1) is 12.7. The van der Waals surface area contributed by atoms with E-state index in [0.29, 0.717) is 16.7 Å². The maximum absolute atomic E-state index is 12.5. The van der Waals surface area contributed by atoms with Crippen LogP contribution in [0.2, 0.25) is 5.02 Å². The number of nitrogens with zero attached hydrogens (tertiary/aromatic N) is 4. The van der Waals surface area contributed by atoms with Gasteiger partial charge in [-0.15, -0.1) is 34.4 Å². The fourth-order valence-corrected chi connectivity index (χ4v) is 4.50. The molecule has 1 saturated heterocycles. The third-order valence-corrected chi connectivity index (χ3v) is 6.29. The minimum absolute atomic E-state index is 0. The zero-order valence-electron chi connectivity index (χ0n) is 14.9. The Kier molecular flexibility index (Phi) is 7.03. The number of hydrogen-bond donors (Lipinski definition) is 1. The number of amides is 1. The lowest BCUT2D eigenvalue weighted by atomic mass is 9.95. The van der Waals surface area contributed by atoms with E-state index in [1.54, 1.807) is 11.8 Å². The quantitative estimate of drug-likeness (QED) is 0.759. The van der Waals surface area contributed by atoms with Crippen LogP contribution < -0.4 is 5.32 Å². The lowest BCUT2D eigenvalue weighted by Gasteiger charge is -2.32. The summed E-state index contributed by atoms with van der Waals surface area (Å²) < 4.78 is 2.26. The first-order valence-electron chi connectivity index (χ1n) is 8.99. The van der Waals surface area contributed by atoms with Gasteiger partial charge in [0.2, 0.25) is 5.91 Å². The van der Waals surface area contributed by atoms with Crippen LogP contribution in [0.4, 0.5) is 0 Å². The molecule has 0 bridgehead atoms. The van der Waals surface area contributed by atoms with Gasteiger partial charge in [-0.05, 0) is 37.1 Å². The highest BCUT2D eigenvalue weighted by Crippen LogP contribution is 2.28. The van der Waals surface area contributed by atoms with Crippen LogP contribution in [0.3, 0.4) is 0 Å². The molecule has 6 nitrogen and oxygen atoms in total. The molecule has 4 rings (SSSR count). The van der Waals surface area contributed by atoms with E-state index >= 15 is 0 Å². The number of aromatic nitrogens is 3. The molecule has 0 spiro atoms. The minimum Gasteiger partial charge on any atom is -0.342 e. The SMILES string of the molecule is Cl.O=C(CSc1ccc(Cl)cc1)N1CCC(c2nnc3n2CCNC3)CC1. The van der Waals surface area contributed by atoms with Crippen LogP contribution in [-0.2, 0) is 17.9 Å². The Morgan fingerprint density at radius 2 is 1.93 bits per heavy atom. The van der Waals surface area contributed by atoms with Gasteiger partial charge in [-0.3, -0.25) is 4.79 Å². The van der Waals surface area contributed by atoms with Crippen LogP contribution in [0, 0.1) is 0 Å². The number of likely N-dealkylation sites (tertiary alicyclic amines) is 1. The van der Waals surface area contributed by atoms with E-state index in [-0.39, 0.29) is 18.3 Å². The van der Waals surface area contributed by atoms with Crippen LogP contribution in [0.15, 0.2) is 29.2 Å². The summed E-state index contributed by atoms with van der Waals surface area (Å²) in [7, 11) is 0. The molecule has 0 aliphatic carbocycles. The lowest BCUT2D eigenvalue weighted by molar-refractivity contribution is -0.129. The average molecular weight is 428 g/mol. The highest BCUT2D eigenvalue weighted by molar-refractivity contribution is 8.00. The number of fused-ring (bicyclic) bond motifs is 1. The summed E-state index contributed by atoms with van der Waals surface area (Å²) in [4.78, 5) is 15.6. The lowest BCUT2D eigenvalue weighted by Crippen LogP contribution is -2.39. The Hall–Kier alpha value is -1.28. The molecule has 0 saturated carbocycles. The number of halogens is 2. The Morgan fingerprint density at radius 1 is 1.19 bits per heavy atom. The topological polar surface area (TPSA) is 63.1 Å². The Morgan fingerprint density at radius 3 is 2.67 bits per heavy atom. The Labute approximate surface area is 174 Å². The summed E-state index contributed by atoms with van der Waals surface area (Å²) in [5.41, 5.74) is 0. The summed E-state index contributed by atoms with van der Waals surface area (Å²) in [6, 6.07) is 7.62. The molecule has 27 heavy (non-hydrogen) atoms. The number of rotatable bonds is 4. The van der Waals surface area contributed by atoms with Crippen molar-refractivity contribution in [3.8, 4) is 0 Å². The number of carbonyl (C=O) groups excluding carboxylic acids is 1. The summed E-state index contributed by atoms with van der Waals surface area (Å²) in [5, 5.41) is 12.8. The van der Waals surface area contributed by atoms with Crippen LogP contribution in [0.25, 0.3) is 0 Å². The van der Waals surface area contributed by atoms with Crippen molar-refractivity contribution < 1.29 is 4.79 Å². The van der Waals surface area contributed by atoms with E-state index in [1.807, 2.05) is 29.2 Å². The largest absolute Gasteiger partial charge is 0.342 e. The van der Waals surface area contributed by atoms with Gasteiger partial charge in [0.05, 0.1) is 12.3 Å².